The first-order chi connectivity index (χ1) is 14.1. The Kier molecular flexibility index (Phi) is 5.77. The fourth-order valence-corrected chi connectivity index (χ4v) is 4.29. The van der Waals surface area contributed by atoms with E-state index in [4.69, 9.17) is 0 Å². The van der Waals surface area contributed by atoms with E-state index in [1.807, 2.05) is 24.0 Å². The number of piperazine rings is 1. The van der Waals surface area contributed by atoms with Gasteiger partial charge >= 0.3 is 0 Å². The highest BCUT2D eigenvalue weighted by atomic mass is 16.2. The first-order valence-corrected chi connectivity index (χ1v) is 10.3. The molecule has 3 aromatic carbocycles. The van der Waals surface area contributed by atoms with Crippen LogP contribution in [0.3, 0.4) is 0 Å². The molecule has 1 fully saturated rings. The third kappa shape index (κ3) is 4.25. The molecule has 0 bridgehead atoms. The van der Waals surface area contributed by atoms with Crippen LogP contribution in [0.25, 0.3) is 0 Å². The maximum Gasteiger partial charge on any atom is 0.254 e. The molecule has 3 heteroatoms. The molecule has 1 amide bonds. The lowest BCUT2D eigenvalue weighted by molar-refractivity contribution is 0.0596. The first kappa shape index (κ1) is 19.4. The van der Waals surface area contributed by atoms with Crippen molar-refractivity contribution < 1.29 is 4.79 Å². The molecule has 0 saturated carbocycles. The molecule has 0 spiro atoms. The zero-order chi connectivity index (χ0) is 20.2. The second-order valence-electron chi connectivity index (χ2n) is 7.87. The quantitative estimate of drug-likeness (QED) is 0.642. The molecule has 1 heterocycles. The van der Waals surface area contributed by atoms with Crippen LogP contribution < -0.4 is 0 Å². The average Bonchev–Trinajstić information content (AvgIpc) is 2.76. The highest BCUT2D eigenvalue weighted by Gasteiger charge is 2.28. The summed E-state index contributed by atoms with van der Waals surface area (Å²) in [4.78, 5) is 17.6. The monoisotopic (exact) mass is 384 g/mol. The van der Waals surface area contributed by atoms with E-state index in [9.17, 15) is 4.79 Å². The van der Waals surface area contributed by atoms with E-state index in [1.165, 1.54) is 16.7 Å². The third-order valence-corrected chi connectivity index (χ3v) is 5.81. The molecule has 1 aliphatic rings. The molecular formula is C26H28N2O. The van der Waals surface area contributed by atoms with E-state index in [-0.39, 0.29) is 11.9 Å². The fourth-order valence-electron chi connectivity index (χ4n) is 4.29. The van der Waals surface area contributed by atoms with Gasteiger partial charge in [-0.2, -0.15) is 0 Å². The van der Waals surface area contributed by atoms with Crippen molar-refractivity contribution in [3.63, 3.8) is 0 Å². The van der Waals surface area contributed by atoms with Gasteiger partial charge in [-0.25, -0.2) is 0 Å². The standard InChI is InChI=1S/C26H28N2O/c1-20-13-14-24(21(2)19-20)26(29)28-17-15-27(16-18-28)25(22-9-5-3-6-10-22)23-11-7-4-8-12-23/h3-14,19,25H,15-18H2,1-2H3. The summed E-state index contributed by atoms with van der Waals surface area (Å²) in [6, 6.07) is 27.6. The predicted octanol–water partition coefficient (Wildman–Crippen LogP) is 4.85. The van der Waals surface area contributed by atoms with Gasteiger partial charge in [0.1, 0.15) is 0 Å². The second-order valence-corrected chi connectivity index (χ2v) is 7.87. The SMILES string of the molecule is Cc1ccc(C(=O)N2CCN(C(c3ccccc3)c3ccccc3)CC2)c(C)c1. The van der Waals surface area contributed by atoms with Crippen LogP contribution in [0.4, 0.5) is 0 Å². The highest BCUT2D eigenvalue weighted by Crippen LogP contribution is 2.29. The predicted molar refractivity (Wildman–Crippen MR) is 118 cm³/mol. The normalized spacial score (nSPS) is 14.9. The molecule has 4 rings (SSSR count). The summed E-state index contributed by atoms with van der Waals surface area (Å²) in [5, 5.41) is 0. The largest absolute Gasteiger partial charge is 0.336 e. The average molecular weight is 385 g/mol. The van der Waals surface area contributed by atoms with Gasteiger partial charge in [-0.15, -0.1) is 0 Å². The zero-order valence-electron chi connectivity index (χ0n) is 17.2. The molecule has 3 nitrogen and oxygen atoms in total. The first-order valence-electron chi connectivity index (χ1n) is 10.3. The van der Waals surface area contributed by atoms with Crippen LogP contribution in [-0.2, 0) is 0 Å². The Bertz CT molecular complexity index is 921. The highest BCUT2D eigenvalue weighted by molar-refractivity contribution is 5.95. The molecule has 29 heavy (non-hydrogen) atoms. The minimum atomic E-state index is 0.151. The summed E-state index contributed by atoms with van der Waals surface area (Å²) in [7, 11) is 0. The van der Waals surface area contributed by atoms with Crippen molar-refractivity contribution in [3.05, 3.63) is 107 Å². The molecule has 3 aromatic rings. The number of carbonyl (C=O) groups excluding carboxylic acids is 1. The number of carbonyl (C=O) groups is 1. The van der Waals surface area contributed by atoms with Crippen molar-refractivity contribution in [3.8, 4) is 0 Å². The maximum absolute atomic E-state index is 13.1. The van der Waals surface area contributed by atoms with Crippen LogP contribution in [0.15, 0.2) is 78.9 Å². The van der Waals surface area contributed by atoms with E-state index in [1.54, 1.807) is 0 Å². The van der Waals surface area contributed by atoms with E-state index in [2.05, 4.69) is 78.6 Å². The number of benzene rings is 3. The number of aryl methyl sites for hydroxylation is 2. The summed E-state index contributed by atoms with van der Waals surface area (Å²) in [5.74, 6) is 0.151. The molecule has 1 saturated heterocycles. The second kappa shape index (κ2) is 8.62. The van der Waals surface area contributed by atoms with Gasteiger partial charge in [0.25, 0.3) is 5.91 Å². The lowest BCUT2D eigenvalue weighted by Crippen LogP contribution is -2.50. The smallest absolute Gasteiger partial charge is 0.254 e. The van der Waals surface area contributed by atoms with Gasteiger partial charge in [0.15, 0.2) is 0 Å². The number of nitrogens with zero attached hydrogens (tertiary/aromatic N) is 2. The molecule has 148 valence electrons. The van der Waals surface area contributed by atoms with Gasteiger partial charge in [-0.1, -0.05) is 78.4 Å². The van der Waals surface area contributed by atoms with Crippen molar-refractivity contribution >= 4 is 5.91 Å². The molecule has 0 aliphatic carbocycles. The fraction of sp³-hybridized carbons (Fsp3) is 0.269. The van der Waals surface area contributed by atoms with E-state index in [0.29, 0.717) is 0 Å². The van der Waals surface area contributed by atoms with Crippen molar-refractivity contribution in [2.24, 2.45) is 0 Å². The van der Waals surface area contributed by atoms with Crippen LogP contribution in [0.1, 0.15) is 38.7 Å². The Labute approximate surface area is 173 Å². The van der Waals surface area contributed by atoms with Gasteiger partial charge in [-0.05, 0) is 36.6 Å². The van der Waals surface area contributed by atoms with Crippen molar-refractivity contribution in [2.45, 2.75) is 19.9 Å². The van der Waals surface area contributed by atoms with Crippen molar-refractivity contribution in [1.82, 2.24) is 9.80 Å². The lowest BCUT2D eigenvalue weighted by atomic mass is 9.96. The minimum absolute atomic E-state index is 0.151. The van der Waals surface area contributed by atoms with Gasteiger partial charge in [0, 0.05) is 31.7 Å². The molecule has 0 aromatic heterocycles. The zero-order valence-corrected chi connectivity index (χ0v) is 17.2. The maximum atomic E-state index is 13.1. The van der Waals surface area contributed by atoms with Gasteiger partial charge in [0.2, 0.25) is 0 Å². The number of hydrogen-bond acceptors (Lipinski definition) is 2. The Morgan fingerprint density at radius 1 is 0.759 bits per heavy atom. The topological polar surface area (TPSA) is 23.6 Å². The van der Waals surface area contributed by atoms with E-state index >= 15 is 0 Å². The number of rotatable bonds is 4. The molecular weight excluding hydrogens is 356 g/mol. The van der Waals surface area contributed by atoms with Gasteiger partial charge in [0.05, 0.1) is 6.04 Å². The Hall–Kier alpha value is -2.91. The van der Waals surface area contributed by atoms with E-state index < -0.39 is 0 Å². The van der Waals surface area contributed by atoms with Crippen LogP contribution in [0.2, 0.25) is 0 Å². The summed E-state index contributed by atoms with van der Waals surface area (Å²) >= 11 is 0. The summed E-state index contributed by atoms with van der Waals surface area (Å²) < 4.78 is 0. The number of hydrogen-bond donors (Lipinski definition) is 0. The van der Waals surface area contributed by atoms with E-state index in [0.717, 1.165) is 37.3 Å². The minimum Gasteiger partial charge on any atom is -0.336 e. The Balaban J connectivity index is 1.52. The Morgan fingerprint density at radius 2 is 1.31 bits per heavy atom. The van der Waals surface area contributed by atoms with Crippen LogP contribution in [0.5, 0.6) is 0 Å². The van der Waals surface area contributed by atoms with Crippen LogP contribution >= 0.6 is 0 Å². The lowest BCUT2D eigenvalue weighted by Gasteiger charge is -2.40. The van der Waals surface area contributed by atoms with Crippen LogP contribution in [-0.4, -0.2) is 41.9 Å². The summed E-state index contributed by atoms with van der Waals surface area (Å²) in [5.41, 5.74) is 5.67. The summed E-state index contributed by atoms with van der Waals surface area (Å²) in [6.07, 6.45) is 0. The third-order valence-electron chi connectivity index (χ3n) is 5.81. The molecule has 0 atom stereocenters. The summed E-state index contributed by atoms with van der Waals surface area (Å²) in [6.45, 7) is 7.32. The molecule has 0 radical (unpaired) electrons. The molecule has 0 unspecified atom stereocenters. The Morgan fingerprint density at radius 3 is 1.83 bits per heavy atom. The molecule has 1 aliphatic heterocycles. The number of amides is 1. The van der Waals surface area contributed by atoms with Gasteiger partial charge in [-0.3, -0.25) is 9.69 Å². The van der Waals surface area contributed by atoms with Crippen LogP contribution in [0, 0.1) is 13.8 Å². The van der Waals surface area contributed by atoms with Crippen molar-refractivity contribution in [1.29, 1.82) is 0 Å². The molecule has 0 N–H and O–H groups in total. The van der Waals surface area contributed by atoms with Crippen molar-refractivity contribution in [2.75, 3.05) is 26.2 Å². The van der Waals surface area contributed by atoms with Gasteiger partial charge < -0.3 is 4.90 Å².